The number of carbonyl (C=O) groups is 1. The van der Waals surface area contributed by atoms with Crippen molar-refractivity contribution in [3.05, 3.63) is 83.9 Å². The van der Waals surface area contributed by atoms with Crippen molar-refractivity contribution >= 4 is 5.97 Å². The van der Waals surface area contributed by atoms with Crippen LogP contribution in [0.25, 0.3) is 0 Å². The fourth-order valence-corrected chi connectivity index (χ4v) is 2.48. The second-order valence-corrected chi connectivity index (χ2v) is 5.60. The Balaban J connectivity index is 1.53. The molecule has 0 bridgehead atoms. The van der Waals surface area contributed by atoms with Gasteiger partial charge in [-0.1, -0.05) is 60.7 Å². The van der Waals surface area contributed by atoms with Crippen LogP contribution in [0.2, 0.25) is 0 Å². The molecule has 0 saturated carbocycles. The number of ether oxygens (including phenoxy) is 3. The van der Waals surface area contributed by atoms with Crippen molar-refractivity contribution in [2.24, 2.45) is 0 Å². The first-order valence-electron chi connectivity index (χ1n) is 7.97. The van der Waals surface area contributed by atoms with Gasteiger partial charge in [-0.05, 0) is 17.2 Å². The molecule has 0 N–H and O–H groups in total. The number of cyclic esters (lactones) is 1. The van der Waals surface area contributed by atoms with Crippen LogP contribution < -0.4 is 0 Å². The van der Waals surface area contributed by atoms with Gasteiger partial charge in [-0.2, -0.15) is 0 Å². The average molecular weight is 324 g/mol. The molecule has 3 rings (SSSR count). The molecule has 0 aliphatic carbocycles. The van der Waals surface area contributed by atoms with Gasteiger partial charge < -0.3 is 14.2 Å². The fraction of sp³-hybridized carbons (Fsp3) is 0.250. The van der Waals surface area contributed by atoms with Crippen LogP contribution in [0.1, 0.15) is 11.1 Å². The van der Waals surface area contributed by atoms with Gasteiger partial charge in [0.2, 0.25) is 0 Å². The first kappa shape index (κ1) is 16.4. The maximum atomic E-state index is 11.5. The van der Waals surface area contributed by atoms with E-state index in [1.807, 2.05) is 60.7 Å². The SMILES string of the molecule is O=C1C=C[C@@H](OCc2ccccc2)[C@@H](COCc2ccccc2)O1. The minimum atomic E-state index is -0.435. The molecule has 2 aromatic rings. The van der Waals surface area contributed by atoms with Gasteiger partial charge in [0.1, 0.15) is 6.10 Å². The van der Waals surface area contributed by atoms with E-state index < -0.39 is 6.10 Å². The number of hydrogen-bond acceptors (Lipinski definition) is 4. The van der Waals surface area contributed by atoms with E-state index in [2.05, 4.69) is 0 Å². The Kier molecular flexibility index (Phi) is 5.77. The van der Waals surface area contributed by atoms with E-state index >= 15 is 0 Å². The van der Waals surface area contributed by atoms with Crippen LogP contribution in [-0.2, 0) is 32.2 Å². The molecular formula is C20H20O4. The Labute approximate surface area is 141 Å². The summed E-state index contributed by atoms with van der Waals surface area (Å²) in [6.07, 6.45) is 2.41. The van der Waals surface area contributed by atoms with Crippen molar-refractivity contribution in [3.63, 3.8) is 0 Å². The minimum Gasteiger partial charge on any atom is -0.454 e. The average Bonchev–Trinajstić information content (AvgIpc) is 2.63. The number of hydrogen-bond donors (Lipinski definition) is 0. The molecule has 2 atom stereocenters. The molecule has 1 heterocycles. The van der Waals surface area contributed by atoms with Crippen LogP contribution >= 0.6 is 0 Å². The lowest BCUT2D eigenvalue weighted by molar-refractivity contribution is -0.158. The second kappa shape index (κ2) is 8.43. The summed E-state index contributed by atoms with van der Waals surface area (Å²) < 4.78 is 16.9. The van der Waals surface area contributed by atoms with E-state index in [1.165, 1.54) is 6.08 Å². The lowest BCUT2D eigenvalue weighted by Gasteiger charge is -2.27. The Bertz CT molecular complexity index is 667. The molecule has 0 spiro atoms. The minimum absolute atomic E-state index is 0.296. The predicted molar refractivity (Wildman–Crippen MR) is 90.1 cm³/mol. The van der Waals surface area contributed by atoms with Crippen LogP contribution in [0.15, 0.2) is 72.8 Å². The maximum Gasteiger partial charge on any atom is 0.330 e. The van der Waals surface area contributed by atoms with E-state index in [9.17, 15) is 4.79 Å². The molecule has 0 saturated heterocycles. The lowest BCUT2D eigenvalue weighted by atomic mass is 10.1. The van der Waals surface area contributed by atoms with Gasteiger partial charge in [0.25, 0.3) is 0 Å². The van der Waals surface area contributed by atoms with Crippen LogP contribution in [0.4, 0.5) is 0 Å². The van der Waals surface area contributed by atoms with Crippen molar-refractivity contribution in [1.82, 2.24) is 0 Å². The number of benzene rings is 2. The topological polar surface area (TPSA) is 44.8 Å². The molecule has 4 heteroatoms. The molecule has 0 amide bonds. The van der Waals surface area contributed by atoms with E-state index in [0.29, 0.717) is 19.8 Å². The van der Waals surface area contributed by atoms with Gasteiger partial charge >= 0.3 is 5.97 Å². The highest BCUT2D eigenvalue weighted by atomic mass is 16.6. The Morgan fingerprint density at radius 1 is 0.875 bits per heavy atom. The molecule has 0 aromatic heterocycles. The van der Waals surface area contributed by atoms with Gasteiger partial charge in [-0.25, -0.2) is 4.79 Å². The van der Waals surface area contributed by atoms with E-state index in [1.54, 1.807) is 6.08 Å². The number of carbonyl (C=O) groups excluding carboxylic acids is 1. The smallest absolute Gasteiger partial charge is 0.330 e. The molecular weight excluding hydrogens is 304 g/mol. The summed E-state index contributed by atoms with van der Waals surface area (Å²) in [6.45, 7) is 1.23. The summed E-state index contributed by atoms with van der Waals surface area (Å²) >= 11 is 0. The first-order chi connectivity index (χ1) is 11.8. The van der Waals surface area contributed by atoms with Crippen LogP contribution in [0, 0.1) is 0 Å². The first-order valence-corrected chi connectivity index (χ1v) is 7.97. The highest BCUT2D eigenvalue weighted by Crippen LogP contribution is 2.16. The van der Waals surface area contributed by atoms with Crippen molar-refractivity contribution in [2.45, 2.75) is 25.4 Å². The quantitative estimate of drug-likeness (QED) is 0.733. The van der Waals surface area contributed by atoms with Gasteiger partial charge in [0, 0.05) is 6.08 Å². The summed E-state index contributed by atoms with van der Waals surface area (Å²) in [5.41, 5.74) is 2.16. The zero-order chi connectivity index (χ0) is 16.6. The van der Waals surface area contributed by atoms with Gasteiger partial charge in [0.05, 0.1) is 19.8 Å². The van der Waals surface area contributed by atoms with Gasteiger partial charge in [0.15, 0.2) is 6.10 Å². The van der Waals surface area contributed by atoms with E-state index in [4.69, 9.17) is 14.2 Å². The van der Waals surface area contributed by atoms with E-state index in [0.717, 1.165) is 11.1 Å². The number of rotatable bonds is 7. The maximum absolute atomic E-state index is 11.5. The fourth-order valence-electron chi connectivity index (χ4n) is 2.48. The largest absolute Gasteiger partial charge is 0.454 e. The monoisotopic (exact) mass is 324 g/mol. The zero-order valence-corrected chi connectivity index (χ0v) is 13.3. The standard InChI is InChI=1S/C20H20O4/c21-20-12-11-18(23-14-17-9-5-2-6-10-17)19(24-20)15-22-13-16-7-3-1-4-8-16/h1-12,18-19H,13-15H2/t18-,19-/m1/s1. The summed E-state index contributed by atoms with van der Waals surface area (Å²) in [4.78, 5) is 11.5. The normalized spacial score (nSPS) is 19.9. The predicted octanol–water partition coefficient (Wildman–Crippen LogP) is 3.27. The molecule has 0 fully saturated rings. The van der Waals surface area contributed by atoms with Crippen molar-refractivity contribution in [3.8, 4) is 0 Å². The summed E-state index contributed by atoms with van der Waals surface area (Å²) in [5.74, 6) is -0.358. The van der Waals surface area contributed by atoms with Crippen molar-refractivity contribution in [1.29, 1.82) is 0 Å². The Hall–Kier alpha value is -2.43. The van der Waals surface area contributed by atoms with Crippen LogP contribution in [-0.4, -0.2) is 24.8 Å². The van der Waals surface area contributed by atoms with Crippen molar-refractivity contribution < 1.29 is 19.0 Å². The molecule has 0 unspecified atom stereocenters. The molecule has 2 aromatic carbocycles. The highest BCUT2D eigenvalue weighted by Gasteiger charge is 2.27. The number of esters is 1. The molecule has 24 heavy (non-hydrogen) atoms. The third-order valence-electron chi connectivity index (χ3n) is 3.73. The Morgan fingerprint density at radius 2 is 1.50 bits per heavy atom. The van der Waals surface area contributed by atoms with Crippen LogP contribution in [0.3, 0.4) is 0 Å². The summed E-state index contributed by atoms with van der Waals surface area (Å²) in [5, 5.41) is 0. The lowest BCUT2D eigenvalue weighted by Crippen LogP contribution is -2.38. The molecule has 4 nitrogen and oxygen atoms in total. The Morgan fingerprint density at radius 3 is 2.17 bits per heavy atom. The van der Waals surface area contributed by atoms with Gasteiger partial charge in [-0.3, -0.25) is 0 Å². The summed E-state index contributed by atoms with van der Waals surface area (Å²) in [6, 6.07) is 19.8. The second-order valence-electron chi connectivity index (χ2n) is 5.60. The zero-order valence-electron chi connectivity index (χ0n) is 13.3. The third-order valence-corrected chi connectivity index (χ3v) is 3.73. The van der Waals surface area contributed by atoms with Crippen LogP contribution in [0.5, 0.6) is 0 Å². The molecule has 1 aliphatic heterocycles. The molecule has 0 radical (unpaired) electrons. The molecule has 124 valence electrons. The molecule has 1 aliphatic rings. The highest BCUT2D eigenvalue weighted by molar-refractivity contribution is 5.83. The van der Waals surface area contributed by atoms with Crippen molar-refractivity contribution in [2.75, 3.05) is 6.61 Å². The van der Waals surface area contributed by atoms with Gasteiger partial charge in [-0.15, -0.1) is 0 Å². The summed E-state index contributed by atoms with van der Waals surface area (Å²) in [7, 11) is 0. The third kappa shape index (κ3) is 4.78. The van der Waals surface area contributed by atoms with E-state index in [-0.39, 0.29) is 12.1 Å².